The summed E-state index contributed by atoms with van der Waals surface area (Å²) in [6.45, 7) is 9.40. The lowest BCUT2D eigenvalue weighted by atomic mass is 9.56. The van der Waals surface area contributed by atoms with Crippen LogP contribution in [-0.4, -0.2) is 65.2 Å². The Balaban J connectivity index is 1.68. The molecule has 2 aromatic rings. The van der Waals surface area contributed by atoms with Crippen LogP contribution in [0.3, 0.4) is 0 Å². The first-order valence-electron chi connectivity index (χ1n) is 17.8. The van der Waals surface area contributed by atoms with Crippen LogP contribution in [0.15, 0.2) is 78.0 Å². The number of ether oxygens (including phenoxy) is 3. The molecule has 49 heavy (non-hydrogen) atoms. The number of amides is 1. The summed E-state index contributed by atoms with van der Waals surface area (Å²) in [5, 5.41) is 27.0. The molecule has 1 heterocycles. The van der Waals surface area contributed by atoms with Crippen molar-refractivity contribution in [1.29, 1.82) is 0 Å². The van der Waals surface area contributed by atoms with E-state index in [1.54, 1.807) is 23.9 Å². The van der Waals surface area contributed by atoms with Crippen molar-refractivity contribution in [2.75, 3.05) is 32.1 Å². The zero-order valence-electron chi connectivity index (χ0n) is 28.9. The molecular formula is C39H52N2O7S. The van der Waals surface area contributed by atoms with Crippen LogP contribution in [0, 0.1) is 17.8 Å². The molecule has 266 valence electrons. The fourth-order valence-electron chi connectivity index (χ4n) is 7.79. The molecule has 2 aromatic carbocycles. The second-order valence-corrected chi connectivity index (χ2v) is 14.4. The van der Waals surface area contributed by atoms with Gasteiger partial charge in [0.05, 0.1) is 23.5 Å². The van der Waals surface area contributed by atoms with Crippen molar-refractivity contribution in [2.45, 2.75) is 82.4 Å². The molecule has 9 nitrogen and oxygen atoms in total. The zero-order chi connectivity index (χ0) is 34.6. The van der Waals surface area contributed by atoms with Crippen LogP contribution in [0.2, 0.25) is 0 Å². The molecule has 0 radical (unpaired) electrons. The van der Waals surface area contributed by atoms with Gasteiger partial charge in [0.15, 0.2) is 0 Å². The summed E-state index contributed by atoms with van der Waals surface area (Å²) in [5.74, 6) is 1.07. The highest BCUT2D eigenvalue weighted by atomic mass is 32.2. The molecule has 6 unspecified atom stereocenters. The molecule has 0 spiro atoms. The summed E-state index contributed by atoms with van der Waals surface area (Å²) in [5.41, 5.74) is 3.99. The number of fused-ring (bicyclic) bond motifs is 2. The Bertz CT molecular complexity index is 1450. The fourth-order valence-corrected chi connectivity index (χ4v) is 8.96. The summed E-state index contributed by atoms with van der Waals surface area (Å²) in [7, 11) is 0. The lowest BCUT2D eigenvalue weighted by Gasteiger charge is -2.58. The summed E-state index contributed by atoms with van der Waals surface area (Å²) in [4.78, 5) is 18.6. The molecule has 1 saturated carbocycles. The van der Waals surface area contributed by atoms with E-state index in [0.29, 0.717) is 38.3 Å². The molecule has 3 N–H and O–H groups in total. The Morgan fingerprint density at radius 1 is 1.10 bits per heavy atom. The van der Waals surface area contributed by atoms with Gasteiger partial charge in [0.25, 0.3) is 0 Å². The van der Waals surface area contributed by atoms with Crippen molar-refractivity contribution in [3.63, 3.8) is 0 Å². The van der Waals surface area contributed by atoms with Crippen molar-refractivity contribution in [1.82, 2.24) is 5.32 Å². The van der Waals surface area contributed by atoms with Crippen molar-refractivity contribution in [3.05, 3.63) is 84.0 Å². The number of carbonyl (C=O) groups excluding carboxylic acids is 1. The van der Waals surface area contributed by atoms with E-state index < -0.39 is 11.9 Å². The third kappa shape index (κ3) is 8.53. The second-order valence-electron chi connectivity index (χ2n) is 12.9. The molecule has 0 aromatic heterocycles. The van der Waals surface area contributed by atoms with E-state index in [1.807, 2.05) is 49.4 Å². The lowest BCUT2D eigenvalue weighted by Crippen LogP contribution is -2.64. The number of aliphatic hydroxyl groups is 2. The van der Waals surface area contributed by atoms with Crippen LogP contribution < -0.4 is 14.8 Å². The van der Waals surface area contributed by atoms with Crippen LogP contribution in [0.1, 0.15) is 75.8 Å². The molecule has 0 bridgehead atoms. The zero-order valence-corrected chi connectivity index (χ0v) is 29.7. The van der Waals surface area contributed by atoms with Gasteiger partial charge in [-0.1, -0.05) is 67.4 Å². The summed E-state index contributed by atoms with van der Waals surface area (Å²) in [6.07, 6.45) is 9.22. The van der Waals surface area contributed by atoms with Gasteiger partial charge in [0.2, 0.25) is 5.79 Å². The first-order chi connectivity index (χ1) is 24.0. The molecular weight excluding hydrogens is 641 g/mol. The molecule has 0 saturated heterocycles. The average Bonchev–Trinajstić information content (AvgIpc) is 3.10. The van der Waals surface area contributed by atoms with Crippen molar-refractivity contribution in [3.8, 4) is 11.5 Å². The van der Waals surface area contributed by atoms with Crippen molar-refractivity contribution < 1.29 is 34.1 Å². The standard InChI is InChI=1S/C39H52N2O7S/c1-4-22-45-39-35(49-6-3)25-33(41-46-26-27-14-8-7-9-15-27)31-23-28(16-10-12-20-42)30(17-11-13-21-43)36(37(31)39)32-24-29(18-19-34(32)48-39)47-38(44)40-5-2/h4,7-9,14-15,18-19,23-24,28,30,35-37,42-43H,1,5-6,10-13,16-17,20-22,25-26H2,2-3H3,(H,40,44). The first-order valence-corrected chi connectivity index (χ1v) is 18.9. The topological polar surface area (TPSA) is 119 Å². The minimum Gasteiger partial charge on any atom is -0.460 e. The van der Waals surface area contributed by atoms with Crippen LogP contribution in [0.25, 0.3) is 0 Å². The molecule has 1 fully saturated rings. The number of rotatable bonds is 18. The molecule has 3 aliphatic rings. The van der Waals surface area contributed by atoms with E-state index in [2.05, 4.69) is 24.9 Å². The maximum atomic E-state index is 12.5. The minimum atomic E-state index is -1.01. The number of carbonyl (C=O) groups is 1. The SMILES string of the molecule is C=CCOC12Oc3ccc(OC(=O)NCC)cc3C3C(CCCCO)C(CCCCO)C=C(C(=NOCc4ccccc4)CC1SCC)C32. The minimum absolute atomic E-state index is 0.0660. The van der Waals surface area contributed by atoms with E-state index in [4.69, 9.17) is 24.2 Å². The third-order valence-corrected chi connectivity index (χ3v) is 11.0. The maximum absolute atomic E-state index is 12.5. The van der Waals surface area contributed by atoms with Gasteiger partial charge in [0, 0.05) is 37.7 Å². The number of allylic oxidation sites excluding steroid dienone is 1. The largest absolute Gasteiger partial charge is 0.460 e. The van der Waals surface area contributed by atoms with Gasteiger partial charge in [0.1, 0.15) is 18.1 Å². The van der Waals surface area contributed by atoms with E-state index >= 15 is 0 Å². The van der Waals surface area contributed by atoms with E-state index in [0.717, 1.165) is 66.0 Å². The molecule has 1 amide bonds. The number of hydrogen-bond donors (Lipinski definition) is 3. The van der Waals surface area contributed by atoms with Gasteiger partial charge in [-0.2, -0.15) is 11.8 Å². The molecule has 6 atom stereocenters. The second kappa shape index (κ2) is 18.1. The average molecular weight is 693 g/mol. The Hall–Kier alpha value is -3.31. The van der Waals surface area contributed by atoms with E-state index in [1.165, 1.54) is 0 Å². The Labute approximate surface area is 295 Å². The highest BCUT2D eigenvalue weighted by molar-refractivity contribution is 8.00. The smallest absolute Gasteiger partial charge is 0.412 e. The maximum Gasteiger partial charge on any atom is 0.412 e. The Kier molecular flexibility index (Phi) is 13.6. The number of nitrogens with one attached hydrogen (secondary N) is 1. The fraction of sp³-hybridized carbons (Fsp3) is 0.538. The number of aliphatic hydroxyl groups excluding tert-OH is 2. The monoisotopic (exact) mass is 692 g/mol. The Morgan fingerprint density at radius 3 is 2.59 bits per heavy atom. The van der Waals surface area contributed by atoms with Crippen LogP contribution in [0.5, 0.6) is 11.5 Å². The van der Waals surface area contributed by atoms with E-state index in [9.17, 15) is 15.0 Å². The summed E-state index contributed by atoms with van der Waals surface area (Å²) in [6, 6.07) is 15.7. The van der Waals surface area contributed by atoms with Gasteiger partial charge >= 0.3 is 6.09 Å². The van der Waals surface area contributed by atoms with Crippen LogP contribution in [-0.2, 0) is 16.2 Å². The third-order valence-electron chi connectivity index (χ3n) is 9.77. The number of benzene rings is 2. The first kappa shape index (κ1) is 37.0. The molecule has 5 rings (SSSR count). The van der Waals surface area contributed by atoms with Crippen molar-refractivity contribution in [2.24, 2.45) is 22.9 Å². The Morgan fingerprint density at radius 2 is 1.88 bits per heavy atom. The van der Waals surface area contributed by atoms with Crippen LogP contribution in [0.4, 0.5) is 4.79 Å². The normalized spacial score (nSPS) is 26.2. The van der Waals surface area contributed by atoms with E-state index in [-0.39, 0.29) is 42.1 Å². The molecule has 2 aliphatic carbocycles. The number of oxime groups is 1. The number of unbranched alkanes of at least 4 members (excludes halogenated alkanes) is 2. The van der Waals surface area contributed by atoms with Gasteiger partial charge in [-0.15, -0.1) is 6.58 Å². The summed E-state index contributed by atoms with van der Waals surface area (Å²) >= 11 is 1.81. The highest BCUT2D eigenvalue weighted by Crippen LogP contribution is 2.62. The highest BCUT2D eigenvalue weighted by Gasteiger charge is 2.63. The van der Waals surface area contributed by atoms with Gasteiger partial charge in [-0.3, -0.25) is 0 Å². The molecule has 1 aliphatic heterocycles. The van der Waals surface area contributed by atoms with Gasteiger partial charge < -0.3 is 34.6 Å². The number of hydrogen-bond acceptors (Lipinski definition) is 9. The predicted octanol–water partition coefficient (Wildman–Crippen LogP) is 7.38. The molecule has 10 heteroatoms. The van der Waals surface area contributed by atoms with Crippen LogP contribution >= 0.6 is 11.8 Å². The number of nitrogens with zero attached hydrogens (tertiary/aromatic N) is 1. The van der Waals surface area contributed by atoms with Gasteiger partial charge in [-0.05, 0) is 79.5 Å². The van der Waals surface area contributed by atoms with Crippen molar-refractivity contribution >= 4 is 23.6 Å². The summed E-state index contributed by atoms with van der Waals surface area (Å²) < 4.78 is 19.7. The predicted molar refractivity (Wildman–Crippen MR) is 194 cm³/mol. The number of thioether (sulfide) groups is 1. The lowest BCUT2D eigenvalue weighted by molar-refractivity contribution is -0.223. The quantitative estimate of drug-likeness (QED) is 0.0842. The van der Waals surface area contributed by atoms with Gasteiger partial charge in [-0.25, -0.2) is 4.79 Å².